The Morgan fingerprint density at radius 3 is 2.36 bits per heavy atom. The topological polar surface area (TPSA) is 115 Å². The maximum atomic E-state index is 10.4. The molecule has 0 heterocycles. The molecule has 0 aliphatic rings. The van der Waals surface area contributed by atoms with Gasteiger partial charge in [-0.1, -0.05) is 0 Å². The highest BCUT2D eigenvalue weighted by molar-refractivity contribution is 14.1. The van der Waals surface area contributed by atoms with Crippen LogP contribution < -0.4 is 11.5 Å². The summed E-state index contributed by atoms with van der Waals surface area (Å²) in [4.78, 5) is 10.4. The van der Waals surface area contributed by atoms with E-state index in [1.165, 1.54) is 29.5 Å². The molecule has 0 saturated heterocycles. The van der Waals surface area contributed by atoms with Crippen LogP contribution in [-0.4, -0.2) is 15.9 Å². The van der Waals surface area contributed by atoms with Gasteiger partial charge < -0.3 is 16.2 Å². The van der Waals surface area contributed by atoms with Gasteiger partial charge in [-0.05, 0) is 6.92 Å². The van der Waals surface area contributed by atoms with Crippen LogP contribution in [-0.2, 0) is 4.74 Å². The van der Waals surface area contributed by atoms with Gasteiger partial charge in [-0.15, -0.1) is 5.11 Å². The lowest BCUT2D eigenvalue weighted by molar-refractivity contribution is 0.0753. The normalized spacial score (nSPS) is 13.8. The van der Waals surface area contributed by atoms with Crippen molar-refractivity contribution in [3.63, 3.8) is 0 Å². The van der Waals surface area contributed by atoms with E-state index < -0.39 is 15.9 Å². The smallest absolute Gasteiger partial charge is 0.369 e. The molecule has 1 unspecified atom stereocenters. The fourth-order valence-electron chi connectivity index (χ4n) is 0.380. The molecule has 64 valence electrons. The molecule has 0 fully saturated rings. The Balaban J connectivity index is 4.18. The molecule has 0 aromatic carbocycles. The molecule has 5 N–H and O–H groups in total. The molecule has 0 aliphatic carbocycles. The molecule has 0 aromatic heterocycles. The minimum Gasteiger partial charge on any atom is -0.427 e. The highest BCUT2D eigenvalue weighted by Gasteiger charge is 2.28. The van der Waals surface area contributed by atoms with Crippen molar-refractivity contribution >= 4 is 26.6 Å². The number of hydrogen-bond acceptors (Lipinski definition) is 6. The van der Waals surface area contributed by atoms with Gasteiger partial charge in [0.15, 0.2) is 0 Å². The van der Waals surface area contributed by atoms with Gasteiger partial charge in [-0.3, -0.25) is 0 Å². The van der Waals surface area contributed by atoms with E-state index in [1.54, 1.807) is 0 Å². The molecule has 0 rings (SSSR count). The molecule has 0 aliphatic heterocycles. The van der Waals surface area contributed by atoms with Gasteiger partial charge >= 0.3 is 3.98 Å². The third kappa shape index (κ3) is 4.22. The van der Waals surface area contributed by atoms with Crippen molar-refractivity contribution in [2.24, 2.45) is 16.6 Å². The first-order valence-electron chi connectivity index (χ1n) is 2.68. The Morgan fingerprint density at radius 1 is 1.82 bits per heavy atom. The second-order valence-electron chi connectivity index (χ2n) is 2.20. The first-order chi connectivity index (χ1) is 4.88. The number of carbonyl (C=O) groups excluding carboxylic acids is 1. The maximum Gasteiger partial charge on any atom is 0.369 e. The van der Waals surface area contributed by atoms with E-state index in [1.807, 2.05) is 0 Å². The molecule has 0 amide bonds. The van der Waals surface area contributed by atoms with Crippen molar-refractivity contribution in [1.82, 2.24) is 0 Å². The zero-order valence-corrected chi connectivity index (χ0v) is 8.03. The van der Waals surface area contributed by atoms with Crippen LogP contribution in [0.3, 0.4) is 0 Å². The Morgan fingerprint density at radius 2 is 2.27 bits per heavy atom. The minimum atomic E-state index is -1.30. The summed E-state index contributed by atoms with van der Waals surface area (Å²) in [5.41, 5.74) is 15.9. The number of halogens is 1. The van der Waals surface area contributed by atoms with Gasteiger partial charge in [0.25, 0.3) is 0 Å². The lowest BCUT2D eigenvalue weighted by Gasteiger charge is -2.23. The number of nitrogens with two attached hydrogens (primary N) is 2. The standard InChI is InChI=1S/C4H9IN4O2/c1-4(6,7)2(9-8)11-3(5)10/h2,8H,6-7H2,1H3. The summed E-state index contributed by atoms with van der Waals surface area (Å²) >= 11 is 1.41. The zero-order valence-electron chi connectivity index (χ0n) is 5.87. The van der Waals surface area contributed by atoms with E-state index in [2.05, 4.69) is 9.85 Å². The third-order valence-corrected chi connectivity index (χ3v) is 1.11. The minimum absolute atomic E-state index is 0.592. The molecule has 0 bridgehead atoms. The predicted molar refractivity (Wildman–Crippen MR) is 46.2 cm³/mol. The van der Waals surface area contributed by atoms with Crippen molar-refractivity contribution in [3.05, 3.63) is 0 Å². The second-order valence-corrected chi connectivity index (χ2v) is 3.08. The number of nitrogens with zero attached hydrogens (tertiary/aromatic N) is 1. The second kappa shape index (κ2) is 3.93. The maximum absolute atomic E-state index is 10.4. The number of rotatable bonds is 3. The van der Waals surface area contributed by atoms with Crippen molar-refractivity contribution in [1.29, 1.82) is 5.53 Å². The van der Waals surface area contributed by atoms with Gasteiger partial charge in [-0.2, -0.15) is 0 Å². The number of ether oxygens (including phenoxy) is 1. The molecule has 0 aromatic rings. The third-order valence-electron chi connectivity index (χ3n) is 0.854. The van der Waals surface area contributed by atoms with Gasteiger partial charge in [0, 0.05) is 0 Å². The summed E-state index contributed by atoms with van der Waals surface area (Å²) in [6.45, 7) is 1.41. The van der Waals surface area contributed by atoms with Gasteiger partial charge in [0.1, 0.15) is 5.66 Å². The van der Waals surface area contributed by atoms with Crippen LogP contribution in [0.4, 0.5) is 4.79 Å². The fourth-order valence-corrected chi connectivity index (χ4v) is 0.621. The van der Waals surface area contributed by atoms with Gasteiger partial charge in [0.2, 0.25) is 6.23 Å². The largest absolute Gasteiger partial charge is 0.427 e. The van der Waals surface area contributed by atoms with Crippen molar-refractivity contribution in [2.75, 3.05) is 0 Å². The van der Waals surface area contributed by atoms with E-state index >= 15 is 0 Å². The van der Waals surface area contributed by atoms with Crippen molar-refractivity contribution < 1.29 is 9.53 Å². The van der Waals surface area contributed by atoms with Crippen molar-refractivity contribution in [3.8, 4) is 0 Å². The Bertz CT molecular complexity index is 166. The van der Waals surface area contributed by atoms with E-state index in [9.17, 15) is 4.79 Å². The van der Waals surface area contributed by atoms with Crippen LogP contribution in [0.5, 0.6) is 0 Å². The van der Waals surface area contributed by atoms with Crippen molar-refractivity contribution in [2.45, 2.75) is 18.8 Å². The quantitative estimate of drug-likeness (QED) is 0.301. The fraction of sp³-hybridized carbons (Fsp3) is 0.750. The molecule has 0 saturated carbocycles. The molecular weight excluding hydrogens is 263 g/mol. The Labute approximate surface area is 77.3 Å². The van der Waals surface area contributed by atoms with Gasteiger partial charge in [-0.25, -0.2) is 10.3 Å². The van der Waals surface area contributed by atoms with Crippen LogP contribution in [0.1, 0.15) is 6.92 Å². The molecule has 0 radical (unpaired) electrons. The average molecular weight is 272 g/mol. The average Bonchev–Trinajstić information content (AvgIpc) is 1.79. The molecule has 7 heteroatoms. The van der Waals surface area contributed by atoms with Crippen LogP contribution in [0.25, 0.3) is 0 Å². The lowest BCUT2D eigenvalue weighted by Crippen LogP contribution is -2.56. The SMILES string of the molecule is CC(N)(N)C(N=N)OC(=O)I. The highest BCUT2D eigenvalue weighted by atomic mass is 127. The van der Waals surface area contributed by atoms with E-state index in [4.69, 9.17) is 17.0 Å². The van der Waals surface area contributed by atoms with Crippen LogP contribution in [0.15, 0.2) is 5.11 Å². The summed E-state index contributed by atoms with van der Waals surface area (Å²) in [7, 11) is 0. The number of hydrogen-bond donors (Lipinski definition) is 3. The predicted octanol–water partition coefficient (Wildman–Crippen LogP) is 0.549. The Hall–Kier alpha value is -0.280. The van der Waals surface area contributed by atoms with Crippen LogP contribution in [0.2, 0.25) is 0 Å². The number of nitrogens with one attached hydrogen (secondary N) is 1. The van der Waals surface area contributed by atoms with Gasteiger partial charge in [0.05, 0.1) is 22.6 Å². The summed E-state index contributed by atoms with van der Waals surface area (Å²) in [6.07, 6.45) is -1.12. The number of carbonyl (C=O) groups is 1. The molecule has 11 heavy (non-hydrogen) atoms. The van der Waals surface area contributed by atoms with Crippen LogP contribution in [0, 0.1) is 5.53 Å². The summed E-state index contributed by atoms with van der Waals surface area (Å²) in [5.74, 6) is 0. The highest BCUT2D eigenvalue weighted by Crippen LogP contribution is 2.08. The molecular formula is C4H9IN4O2. The molecule has 6 nitrogen and oxygen atoms in total. The Kier molecular flexibility index (Phi) is 3.83. The first-order valence-corrected chi connectivity index (χ1v) is 3.76. The lowest BCUT2D eigenvalue weighted by atomic mass is 10.2. The molecule has 1 atom stereocenters. The van der Waals surface area contributed by atoms with E-state index in [0.29, 0.717) is 0 Å². The molecule has 0 spiro atoms. The van der Waals surface area contributed by atoms with E-state index in [0.717, 1.165) is 0 Å². The zero-order chi connectivity index (χ0) is 9.07. The summed E-state index contributed by atoms with van der Waals surface area (Å²) in [6, 6.07) is 0. The first kappa shape index (κ1) is 10.7. The van der Waals surface area contributed by atoms with E-state index in [-0.39, 0.29) is 0 Å². The van der Waals surface area contributed by atoms with Crippen LogP contribution >= 0.6 is 22.6 Å². The summed E-state index contributed by atoms with van der Waals surface area (Å²) in [5, 5.41) is 2.95. The summed E-state index contributed by atoms with van der Waals surface area (Å²) < 4.78 is 3.92. The monoisotopic (exact) mass is 272 g/mol.